The molecule has 1 amide bonds. The summed E-state index contributed by atoms with van der Waals surface area (Å²) >= 11 is 0. The molecule has 3 aliphatic rings. The lowest BCUT2D eigenvalue weighted by Gasteiger charge is -2.37. The van der Waals surface area contributed by atoms with Crippen LogP contribution in [0.2, 0.25) is 0 Å². The van der Waals surface area contributed by atoms with Gasteiger partial charge in [-0.05, 0) is 25.3 Å². The smallest absolute Gasteiger partial charge is 0.244 e. The highest BCUT2D eigenvalue weighted by Gasteiger charge is 2.37. The minimum Gasteiger partial charge on any atom is -0.379 e. The van der Waals surface area contributed by atoms with E-state index in [9.17, 15) is 9.18 Å². The molecule has 6 heteroatoms. The molecule has 2 bridgehead atoms. The molecule has 3 fully saturated rings. The Morgan fingerprint density at radius 3 is 2.68 bits per heavy atom. The predicted molar refractivity (Wildman–Crippen MR) is 92.7 cm³/mol. The van der Waals surface area contributed by atoms with E-state index < -0.39 is 6.04 Å². The van der Waals surface area contributed by atoms with Crippen LogP contribution in [0.15, 0.2) is 24.3 Å². The van der Waals surface area contributed by atoms with Gasteiger partial charge in [0.25, 0.3) is 0 Å². The molecular formula is C19H26FN3O2. The highest BCUT2D eigenvalue weighted by molar-refractivity contribution is 5.83. The van der Waals surface area contributed by atoms with Crippen molar-refractivity contribution < 1.29 is 13.9 Å². The van der Waals surface area contributed by atoms with E-state index in [1.165, 1.54) is 12.5 Å². The number of fused-ring (bicyclic) bond motifs is 2. The molecule has 3 unspecified atom stereocenters. The number of hydrogen-bond acceptors (Lipinski definition) is 4. The second kappa shape index (κ2) is 7.40. The van der Waals surface area contributed by atoms with Crippen LogP contribution in [0.4, 0.5) is 4.39 Å². The first-order valence-electron chi connectivity index (χ1n) is 9.33. The van der Waals surface area contributed by atoms with Gasteiger partial charge < -0.3 is 15.0 Å². The molecule has 25 heavy (non-hydrogen) atoms. The molecule has 0 aromatic heterocycles. The van der Waals surface area contributed by atoms with Crippen molar-refractivity contribution in [3.05, 3.63) is 35.6 Å². The minimum atomic E-state index is -0.554. The van der Waals surface area contributed by atoms with Crippen LogP contribution in [-0.2, 0) is 9.53 Å². The Kier molecular flexibility index (Phi) is 5.01. The molecule has 3 heterocycles. The molecule has 136 valence electrons. The van der Waals surface area contributed by atoms with Gasteiger partial charge in [0.2, 0.25) is 5.91 Å². The third-order valence-corrected chi connectivity index (χ3v) is 5.68. The predicted octanol–water partition coefficient (Wildman–Crippen LogP) is 1.55. The quantitative estimate of drug-likeness (QED) is 0.901. The maximum Gasteiger partial charge on any atom is 0.244 e. The Hall–Kier alpha value is -1.50. The Morgan fingerprint density at radius 1 is 1.12 bits per heavy atom. The average molecular weight is 347 g/mol. The second-order valence-electron chi connectivity index (χ2n) is 7.28. The van der Waals surface area contributed by atoms with Crippen LogP contribution in [-0.4, -0.2) is 67.2 Å². The average Bonchev–Trinajstić information content (AvgIpc) is 2.96. The second-order valence-corrected chi connectivity index (χ2v) is 7.28. The summed E-state index contributed by atoms with van der Waals surface area (Å²) in [6, 6.07) is 7.03. The van der Waals surface area contributed by atoms with Crippen molar-refractivity contribution in [2.75, 3.05) is 39.4 Å². The van der Waals surface area contributed by atoms with Gasteiger partial charge >= 0.3 is 0 Å². The number of carbonyl (C=O) groups excluding carboxylic acids is 1. The van der Waals surface area contributed by atoms with Crippen molar-refractivity contribution >= 4 is 5.91 Å². The first kappa shape index (κ1) is 16.9. The molecule has 0 saturated carbocycles. The fourth-order valence-electron chi connectivity index (χ4n) is 4.33. The van der Waals surface area contributed by atoms with E-state index >= 15 is 0 Å². The SMILES string of the molecule is O=C(C(c1ccccc1F)N1CCOCC1)N1CCC2CCC(C1)N2. The van der Waals surface area contributed by atoms with Crippen molar-refractivity contribution in [2.24, 2.45) is 0 Å². The van der Waals surface area contributed by atoms with Gasteiger partial charge in [0.15, 0.2) is 0 Å². The summed E-state index contributed by atoms with van der Waals surface area (Å²) in [6.07, 6.45) is 3.30. The number of benzene rings is 1. The summed E-state index contributed by atoms with van der Waals surface area (Å²) in [4.78, 5) is 17.4. The number of amides is 1. The van der Waals surface area contributed by atoms with E-state index in [4.69, 9.17) is 4.74 Å². The number of rotatable bonds is 3. The zero-order chi connectivity index (χ0) is 17.2. The highest BCUT2D eigenvalue weighted by atomic mass is 19.1. The van der Waals surface area contributed by atoms with E-state index in [0.29, 0.717) is 44.0 Å². The van der Waals surface area contributed by atoms with E-state index in [1.807, 2.05) is 11.0 Å². The molecule has 5 nitrogen and oxygen atoms in total. The van der Waals surface area contributed by atoms with Crippen LogP contribution in [0.1, 0.15) is 30.9 Å². The van der Waals surface area contributed by atoms with Crippen molar-refractivity contribution in [1.82, 2.24) is 15.1 Å². The molecule has 1 aromatic rings. The molecule has 0 spiro atoms. The van der Waals surface area contributed by atoms with Gasteiger partial charge in [-0.25, -0.2) is 4.39 Å². The summed E-state index contributed by atoms with van der Waals surface area (Å²) in [5.74, 6) is -0.275. The first-order valence-corrected chi connectivity index (χ1v) is 9.33. The van der Waals surface area contributed by atoms with Crippen molar-refractivity contribution in [3.63, 3.8) is 0 Å². The number of halogens is 1. The maximum absolute atomic E-state index is 14.5. The fraction of sp³-hybridized carbons (Fsp3) is 0.632. The summed E-state index contributed by atoms with van der Waals surface area (Å²) in [7, 11) is 0. The Morgan fingerprint density at radius 2 is 1.88 bits per heavy atom. The number of nitrogens with zero attached hydrogens (tertiary/aromatic N) is 2. The van der Waals surface area contributed by atoms with Crippen molar-refractivity contribution in [2.45, 2.75) is 37.4 Å². The van der Waals surface area contributed by atoms with Crippen molar-refractivity contribution in [1.29, 1.82) is 0 Å². The van der Waals surface area contributed by atoms with Gasteiger partial charge in [0.05, 0.1) is 13.2 Å². The van der Waals surface area contributed by atoms with Crippen LogP contribution < -0.4 is 5.32 Å². The Balaban J connectivity index is 1.60. The lowest BCUT2D eigenvalue weighted by Crippen LogP contribution is -2.49. The van der Waals surface area contributed by atoms with Crippen LogP contribution >= 0.6 is 0 Å². The van der Waals surface area contributed by atoms with Crippen LogP contribution in [0, 0.1) is 5.82 Å². The van der Waals surface area contributed by atoms with Crippen LogP contribution in [0.3, 0.4) is 0 Å². The number of morpholine rings is 1. The Labute approximate surface area is 148 Å². The normalized spacial score (nSPS) is 28.6. The van der Waals surface area contributed by atoms with Crippen LogP contribution in [0.25, 0.3) is 0 Å². The molecule has 1 N–H and O–H groups in total. The first-order chi connectivity index (χ1) is 12.2. The standard InChI is InChI=1S/C19H26FN3O2/c20-17-4-2-1-3-16(17)18(22-9-11-25-12-10-22)19(24)23-8-7-14-5-6-15(13-23)21-14/h1-4,14-15,18,21H,5-13H2. The summed E-state index contributed by atoms with van der Waals surface area (Å²) in [6.45, 7) is 3.97. The largest absolute Gasteiger partial charge is 0.379 e. The molecule has 0 aliphatic carbocycles. The molecule has 3 atom stereocenters. The fourth-order valence-corrected chi connectivity index (χ4v) is 4.33. The molecular weight excluding hydrogens is 321 g/mol. The van der Waals surface area contributed by atoms with E-state index in [1.54, 1.807) is 12.1 Å². The van der Waals surface area contributed by atoms with Gasteiger partial charge in [0.1, 0.15) is 11.9 Å². The third-order valence-electron chi connectivity index (χ3n) is 5.68. The zero-order valence-electron chi connectivity index (χ0n) is 14.5. The van der Waals surface area contributed by atoms with Gasteiger partial charge in [-0.1, -0.05) is 18.2 Å². The number of nitrogens with one attached hydrogen (secondary N) is 1. The number of hydrogen-bond donors (Lipinski definition) is 1. The van der Waals surface area contributed by atoms with E-state index in [-0.39, 0.29) is 11.7 Å². The maximum atomic E-state index is 14.5. The van der Waals surface area contributed by atoms with Crippen molar-refractivity contribution in [3.8, 4) is 0 Å². The number of likely N-dealkylation sites (tertiary alicyclic amines) is 1. The summed E-state index contributed by atoms with van der Waals surface area (Å²) < 4.78 is 19.9. The topological polar surface area (TPSA) is 44.8 Å². The Bertz CT molecular complexity index is 620. The molecule has 3 saturated heterocycles. The minimum absolute atomic E-state index is 0.0290. The third kappa shape index (κ3) is 3.57. The van der Waals surface area contributed by atoms with Gasteiger partial charge in [0, 0.05) is 43.8 Å². The summed E-state index contributed by atoms with van der Waals surface area (Å²) in [5, 5.41) is 3.61. The molecule has 1 aromatic carbocycles. The molecule has 4 rings (SSSR count). The monoisotopic (exact) mass is 347 g/mol. The highest BCUT2D eigenvalue weighted by Crippen LogP contribution is 2.29. The van der Waals surface area contributed by atoms with Gasteiger partial charge in [-0.2, -0.15) is 0 Å². The number of ether oxygens (including phenoxy) is 1. The van der Waals surface area contributed by atoms with E-state index in [2.05, 4.69) is 10.2 Å². The van der Waals surface area contributed by atoms with Gasteiger partial charge in [-0.3, -0.25) is 9.69 Å². The zero-order valence-corrected chi connectivity index (χ0v) is 14.5. The lowest BCUT2D eigenvalue weighted by atomic mass is 10.0. The summed E-state index contributed by atoms with van der Waals surface area (Å²) in [5.41, 5.74) is 0.483. The van der Waals surface area contributed by atoms with E-state index in [0.717, 1.165) is 25.9 Å². The number of carbonyl (C=O) groups is 1. The van der Waals surface area contributed by atoms with Gasteiger partial charge in [-0.15, -0.1) is 0 Å². The van der Waals surface area contributed by atoms with Crippen LogP contribution in [0.5, 0.6) is 0 Å². The molecule has 0 radical (unpaired) electrons. The lowest BCUT2D eigenvalue weighted by molar-refractivity contribution is -0.139. The molecule has 3 aliphatic heterocycles.